The Hall–Kier alpha value is -2.81. The predicted octanol–water partition coefficient (Wildman–Crippen LogP) is 2.52. The zero-order valence-corrected chi connectivity index (χ0v) is 14.8. The van der Waals surface area contributed by atoms with Crippen molar-refractivity contribution in [1.29, 1.82) is 0 Å². The van der Waals surface area contributed by atoms with E-state index in [1.807, 2.05) is 35.9 Å². The van der Waals surface area contributed by atoms with E-state index < -0.39 is 0 Å². The SMILES string of the molecule is COc1ccccc1-c1nnc(SCC(=O)Nc2cc(C)on2)n1C. The van der Waals surface area contributed by atoms with Gasteiger partial charge in [-0.05, 0) is 19.1 Å². The van der Waals surface area contributed by atoms with Gasteiger partial charge in [0, 0.05) is 13.1 Å². The second-order valence-electron chi connectivity index (χ2n) is 5.23. The van der Waals surface area contributed by atoms with Crippen molar-refractivity contribution in [3.05, 3.63) is 36.1 Å². The molecule has 0 aliphatic carbocycles. The number of ether oxygens (including phenoxy) is 1. The molecule has 9 heteroatoms. The van der Waals surface area contributed by atoms with E-state index in [4.69, 9.17) is 9.26 Å². The number of hydrogen-bond donors (Lipinski definition) is 1. The van der Waals surface area contributed by atoms with Gasteiger partial charge in [0.05, 0.1) is 18.4 Å². The average Bonchev–Trinajstić information content (AvgIpc) is 3.18. The van der Waals surface area contributed by atoms with Gasteiger partial charge in [0.2, 0.25) is 5.91 Å². The maximum absolute atomic E-state index is 12.0. The molecule has 1 amide bonds. The third-order valence-corrected chi connectivity index (χ3v) is 4.43. The van der Waals surface area contributed by atoms with Gasteiger partial charge >= 0.3 is 0 Å². The predicted molar refractivity (Wildman–Crippen MR) is 93.6 cm³/mol. The Balaban J connectivity index is 1.68. The van der Waals surface area contributed by atoms with Crippen molar-refractivity contribution >= 4 is 23.5 Å². The van der Waals surface area contributed by atoms with Crippen LogP contribution in [-0.2, 0) is 11.8 Å². The summed E-state index contributed by atoms with van der Waals surface area (Å²) >= 11 is 1.29. The highest BCUT2D eigenvalue weighted by atomic mass is 32.2. The van der Waals surface area contributed by atoms with E-state index in [9.17, 15) is 4.79 Å². The summed E-state index contributed by atoms with van der Waals surface area (Å²) in [5.74, 6) is 2.42. The number of nitrogens with zero attached hydrogens (tertiary/aromatic N) is 4. The van der Waals surface area contributed by atoms with Crippen LogP contribution in [0.25, 0.3) is 11.4 Å². The second kappa shape index (κ2) is 7.39. The zero-order chi connectivity index (χ0) is 17.8. The van der Waals surface area contributed by atoms with Gasteiger partial charge in [-0.2, -0.15) is 0 Å². The number of benzene rings is 1. The van der Waals surface area contributed by atoms with Gasteiger partial charge in [-0.15, -0.1) is 10.2 Å². The third kappa shape index (κ3) is 3.82. The smallest absolute Gasteiger partial charge is 0.236 e. The highest BCUT2D eigenvalue weighted by Crippen LogP contribution is 2.29. The second-order valence-corrected chi connectivity index (χ2v) is 6.17. The maximum Gasteiger partial charge on any atom is 0.236 e. The molecule has 3 aromatic rings. The van der Waals surface area contributed by atoms with E-state index in [1.165, 1.54) is 11.8 Å². The Morgan fingerprint density at radius 2 is 2.16 bits per heavy atom. The lowest BCUT2D eigenvalue weighted by atomic mass is 10.2. The minimum atomic E-state index is -0.194. The summed E-state index contributed by atoms with van der Waals surface area (Å²) in [7, 11) is 3.46. The molecule has 0 unspecified atom stereocenters. The lowest BCUT2D eigenvalue weighted by Crippen LogP contribution is -2.14. The first-order valence-corrected chi connectivity index (χ1v) is 8.46. The lowest BCUT2D eigenvalue weighted by Gasteiger charge is -2.08. The number of anilines is 1. The Labute approximate surface area is 148 Å². The Bertz CT molecular complexity index is 890. The fourth-order valence-electron chi connectivity index (χ4n) is 2.24. The molecular weight excluding hydrogens is 342 g/mol. The van der Waals surface area contributed by atoms with Crippen LogP contribution in [0, 0.1) is 6.92 Å². The molecule has 0 saturated carbocycles. The monoisotopic (exact) mass is 359 g/mol. The number of aromatic nitrogens is 4. The van der Waals surface area contributed by atoms with Gasteiger partial charge in [0.25, 0.3) is 0 Å². The summed E-state index contributed by atoms with van der Waals surface area (Å²) in [5.41, 5.74) is 0.842. The number of aryl methyl sites for hydroxylation is 1. The van der Waals surface area contributed by atoms with Crippen molar-refractivity contribution in [2.24, 2.45) is 7.05 Å². The molecule has 0 saturated heterocycles. The van der Waals surface area contributed by atoms with Gasteiger partial charge in [0.15, 0.2) is 16.8 Å². The molecule has 0 radical (unpaired) electrons. The van der Waals surface area contributed by atoms with Gasteiger partial charge in [0.1, 0.15) is 11.5 Å². The number of hydrogen-bond acceptors (Lipinski definition) is 7. The molecule has 3 rings (SSSR count). The molecule has 0 bridgehead atoms. The fraction of sp³-hybridized carbons (Fsp3) is 0.250. The van der Waals surface area contributed by atoms with Crippen LogP contribution < -0.4 is 10.1 Å². The van der Waals surface area contributed by atoms with E-state index in [-0.39, 0.29) is 11.7 Å². The molecular formula is C16H17N5O3S. The first kappa shape index (κ1) is 17.0. The lowest BCUT2D eigenvalue weighted by molar-refractivity contribution is -0.113. The van der Waals surface area contributed by atoms with Gasteiger partial charge in [-0.1, -0.05) is 29.1 Å². The quantitative estimate of drug-likeness (QED) is 0.676. The maximum atomic E-state index is 12.0. The molecule has 2 aromatic heterocycles. The number of thioether (sulfide) groups is 1. The van der Waals surface area contributed by atoms with Crippen LogP contribution in [0.4, 0.5) is 5.82 Å². The van der Waals surface area contributed by atoms with E-state index in [0.29, 0.717) is 28.3 Å². The Morgan fingerprint density at radius 1 is 1.36 bits per heavy atom. The summed E-state index contributed by atoms with van der Waals surface area (Å²) in [6, 6.07) is 9.24. The summed E-state index contributed by atoms with van der Waals surface area (Å²) in [6.45, 7) is 1.76. The molecule has 2 heterocycles. The fourth-order valence-corrected chi connectivity index (χ4v) is 2.95. The highest BCUT2D eigenvalue weighted by Gasteiger charge is 2.16. The van der Waals surface area contributed by atoms with Crippen LogP contribution in [0.1, 0.15) is 5.76 Å². The Kier molecular flexibility index (Phi) is 5.03. The van der Waals surface area contributed by atoms with Crippen LogP contribution >= 0.6 is 11.8 Å². The number of para-hydroxylation sites is 1. The van der Waals surface area contributed by atoms with Crippen LogP contribution in [0.5, 0.6) is 5.75 Å². The van der Waals surface area contributed by atoms with Crippen molar-refractivity contribution in [1.82, 2.24) is 19.9 Å². The van der Waals surface area contributed by atoms with Crippen LogP contribution in [0.15, 0.2) is 40.0 Å². The highest BCUT2D eigenvalue weighted by molar-refractivity contribution is 7.99. The van der Waals surface area contributed by atoms with Crippen molar-refractivity contribution in [2.75, 3.05) is 18.2 Å². The van der Waals surface area contributed by atoms with Crippen LogP contribution in [0.2, 0.25) is 0 Å². The number of carbonyl (C=O) groups excluding carboxylic acids is 1. The largest absolute Gasteiger partial charge is 0.496 e. The van der Waals surface area contributed by atoms with Crippen LogP contribution in [0.3, 0.4) is 0 Å². The molecule has 25 heavy (non-hydrogen) atoms. The van der Waals surface area contributed by atoms with Gasteiger partial charge in [-0.25, -0.2) is 0 Å². The van der Waals surface area contributed by atoms with Crippen molar-refractivity contribution in [3.63, 3.8) is 0 Å². The molecule has 0 fully saturated rings. The molecule has 0 aliphatic rings. The molecule has 0 atom stereocenters. The topological polar surface area (TPSA) is 95.1 Å². The van der Waals surface area contributed by atoms with E-state index in [1.54, 1.807) is 20.1 Å². The average molecular weight is 359 g/mol. The zero-order valence-electron chi connectivity index (χ0n) is 14.0. The van der Waals surface area contributed by atoms with Crippen LogP contribution in [-0.4, -0.2) is 38.7 Å². The van der Waals surface area contributed by atoms with Gasteiger partial charge in [-0.3, -0.25) is 4.79 Å². The minimum Gasteiger partial charge on any atom is -0.496 e. The summed E-state index contributed by atoms with van der Waals surface area (Å²) in [5, 5.41) is 15.4. The Morgan fingerprint density at radius 3 is 2.88 bits per heavy atom. The van der Waals surface area contributed by atoms with E-state index in [2.05, 4.69) is 20.7 Å². The number of methoxy groups -OCH3 is 1. The van der Waals surface area contributed by atoms with Gasteiger partial charge < -0.3 is 19.1 Å². The number of rotatable bonds is 6. The van der Waals surface area contributed by atoms with E-state index in [0.717, 1.165) is 5.56 Å². The summed E-state index contributed by atoms with van der Waals surface area (Å²) < 4.78 is 12.1. The summed E-state index contributed by atoms with van der Waals surface area (Å²) in [6.07, 6.45) is 0. The number of carbonyl (C=O) groups is 1. The first-order chi connectivity index (χ1) is 12.1. The third-order valence-electron chi connectivity index (χ3n) is 3.41. The molecule has 8 nitrogen and oxygen atoms in total. The van der Waals surface area contributed by atoms with Crippen molar-refractivity contribution in [2.45, 2.75) is 12.1 Å². The first-order valence-electron chi connectivity index (χ1n) is 7.47. The molecule has 1 aromatic carbocycles. The minimum absolute atomic E-state index is 0.184. The van der Waals surface area contributed by atoms with Crippen molar-refractivity contribution < 1.29 is 14.1 Å². The van der Waals surface area contributed by atoms with Crippen molar-refractivity contribution in [3.8, 4) is 17.1 Å². The standard InChI is InChI=1S/C16H17N5O3S/c1-10-8-13(20-24-10)17-14(22)9-25-16-19-18-15(21(16)2)11-6-4-5-7-12(11)23-3/h4-8H,9H2,1-3H3,(H,17,20,22). The summed E-state index contributed by atoms with van der Waals surface area (Å²) in [4.78, 5) is 12.0. The van der Waals surface area contributed by atoms with E-state index >= 15 is 0 Å². The normalized spacial score (nSPS) is 10.7. The number of amides is 1. The number of nitrogens with one attached hydrogen (secondary N) is 1. The molecule has 1 N–H and O–H groups in total. The molecule has 130 valence electrons. The molecule has 0 aliphatic heterocycles. The molecule has 0 spiro atoms.